The number of hydrogen-bond acceptors (Lipinski definition) is 4. The molecular weight excluding hydrogens is 315 g/mol. The lowest BCUT2D eigenvalue weighted by molar-refractivity contribution is -0.126. The van der Waals surface area contributed by atoms with E-state index in [4.69, 9.17) is 15.5 Å². The Kier molecular flexibility index (Phi) is 3.80. The first kappa shape index (κ1) is 15.5. The number of hydroxylamine groups is 2. The third kappa shape index (κ3) is 2.79. The number of thiophene rings is 1. The molecule has 1 saturated heterocycles. The van der Waals surface area contributed by atoms with E-state index in [9.17, 15) is 4.39 Å². The molecule has 2 aromatic rings. The number of benzene rings is 1. The minimum absolute atomic E-state index is 0.0315. The maximum absolute atomic E-state index is 13.4. The summed E-state index contributed by atoms with van der Waals surface area (Å²) in [6.07, 6.45) is 0. The van der Waals surface area contributed by atoms with Crippen LogP contribution in [0.15, 0.2) is 29.6 Å². The molecule has 0 saturated carbocycles. The van der Waals surface area contributed by atoms with Crippen LogP contribution in [-0.2, 0) is 10.4 Å². The summed E-state index contributed by atoms with van der Waals surface area (Å²) >= 11 is 1.54. The van der Waals surface area contributed by atoms with Crippen LogP contribution < -0.4 is 5.32 Å². The van der Waals surface area contributed by atoms with E-state index in [1.165, 1.54) is 22.5 Å². The minimum Gasteiger partial charge on any atom is -0.342 e. The van der Waals surface area contributed by atoms with Gasteiger partial charge < -0.3 is 5.32 Å². The van der Waals surface area contributed by atoms with E-state index in [2.05, 4.69) is 5.32 Å². The fourth-order valence-electron chi connectivity index (χ4n) is 2.37. The van der Waals surface area contributed by atoms with Crippen LogP contribution in [0.3, 0.4) is 0 Å². The Balaban J connectivity index is 1.92. The summed E-state index contributed by atoms with van der Waals surface area (Å²) < 4.78 is 13.4. The van der Waals surface area contributed by atoms with Crippen molar-refractivity contribution >= 4 is 17.3 Å². The van der Waals surface area contributed by atoms with Crippen molar-refractivity contribution in [2.24, 2.45) is 0 Å². The average Bonchev–Trinajstić information content (AvgIpc) is 3.03. The van der Waals surface area contributed by atoms with Gasteiger partial charge in [0.1, 0.15) is 18.5 Å². The van der Waals surface area contributed by atoms with Gasteiger partial charge in [0.2, 0.25) is 5.96 Å². The first-order valence-corrected chi connectivity index (χ1v) is 7.83. The highest BCUT2D eigenvalue weighted by atomic mass is 32.1. The fourth-order valence-corrected chi connectivity index (χ4v) is 3.39. The summed E-state index contributed by atoms with van der Waals surface area (Å²) in [7, 11) is 1.68. The van der Waals surface area contributed by atoms with Crippen molar-refractivity contribution in [1.82, 2.24) is 10.4 Å². The Hall–Kier alpha value is -2.43. The maximum atomic E-state index is 13.4. The van der Waals surface area contributed by atoms with E-state index in [1.54, 1.807) is 19.2 Å². The van der Waals surface area contributed by atoms with Gasteiger partial charge in [0.05, 0.1) is 11.1 Å². The molecule has 2 heterocycles. The summed E-state index contributed by atoms with van der Waals surface area (Å²) in [5, 5.41) is 23.3. The zero-order chi connectivity index (χ0) is 16.6. The second-order valence-corrected chi connectivity index (χ2v) is 6.49. The maximum Gasteiger partial charge on any atom is 0.216 e. The number of nitriles is 1. The molecule has 1 atom stereocenters. The highest BCUT2D eigenvalue weighted by Crippen LogP contribution is 2.34. The lowest BCUT2D eigenvalue weighted by Crippen LogP contribution is -2.57. The van der Waals surface area contributed by atoms with E-state index in [0.717, 1.165) is 16.0 Å². The molecule has 2 N–H and O–H groups in total. The second kappa shape index (κ2) is 5.65. The van der Waals surface area contributed by atoms with E-state index < -0.39 is 11.4 Å². The third-order valence-corrected chi connectivity index (χ3v) is 5.01. The first-order valence-electron chi connectivity index (χ1n) is 6.95. The summed E-state index contributed by atoms with van der Waals surface area (Å²) in [5.41, 5.74) is 1.24. The molecule has 0 radical (unpaired) electrons. The number of halogens is 1. The molecule has 1 aromatic carbocycles. The van der Waals surface area contributed by atoms with E-state index >= 15 is 0 Å². The number of nitrogens with zero attached hydrogens (tertiary/aromatic N) is 2. The molecule has 0 spiro atoms. The largest absolute Gasteiger partial charge is 0.342 e. The van der Waals surface area contributed by atoms with Crippen molar-refractivity contribution in [3.8, 4) is 17.2 Å². The van der Waals surface area contributed by atoms with E-state index in [0.29, 0.717) is 6.61 Å². The van der Waals surface area contributed by atoms with Crippen LogP contribution in [0.25, 0.3) is 11.1 Å². The summed E-state index contributed by atoms with van der Waals surface area (Å²) in [6, 6.07) is 8.34. The molecule has 0 bridgehead atoms. The lowest BCUT2D eigenvalue weighted by atomic mass is 9.98. The zero-order valence-corrected chi connectivity index (χ0v) is 13.5. The van der Waals surface area contributed by atoms with Gasteiger partial charge in [0.15, 0.2) is 0 Å². The van der Waals surface area contributed by atoms with Gasteiger partial charge in [-0.15, -0.1) is 11.3 Å². The van der Waals surface area contributed by atoms with Crippen LogP contribution in [0.4, 0.5) is 4.39 Å². The van der Waals surface area contributed by atoms with Crippen LogP contribution in [0.1, 0.15) is 17.4 Å². The molecule has 1 aliphatic rings. The predicted octanol–water partition coefficient (Wildman–Crippen LogP) is 3.04. The molecule has 7 heteroatoms. The van der Waals surface area contributed by atoms with Crippen molar-refractivity contribution in [2.45, 2.75) is 12.5 Å². The minimum atomic E-state index is -0.516. The number of guanidine groups is 1. The van der Waals surface area contributed by atoms with Crippen LogP contribution in [0.5, 0.6) is 0 Å². The van der Waals surface area contributed by atoms with Crippen LogP contribution >= 0.6 is 11.3 Å². The van der Waals surface area contributed by atoms with Gasteiger partial charge in [0, 0.05) is 11.9 Å². The molecule has 0 aliphatic carbocycles. The van der Waals surface area contributed by atoms with Crippen molar-refractivity contribution in [3.05, 3.63) is 45.9 Å². The summed E-state index contributed by atoms with van der Waals surface area (Å²) in [5.74, 6) is -0.320. The normalized spacial score (nSPS) is 21.0. The number of hydrogen-bond donors (Lipinski definition) is 2. The topological polar surface area (TPSA) is 72.1 Å². The molecule has 1 aliphatic heterocycles. The second-order valence-electron chi connectivity index (χ2n) is 5.58. The highest BCUT2D eigenvalue weighted by Gasteiger charge is 2.35. The number of nitrogens with one attached hydrogen (secondary N) is 2. The zero-order valence-electron chi connectivity index (χ0n) is 12.7. The molecule has 118 valence electrons. The van der Waals surface area contributed by atoms with Gasteiger partial charge in [-0.05, 0) is 41.6 Å². The smallest absolute Gasteiger partial charge is 0.216 e. The first-order chi connectivity index (χ1) is 10.9. The summed E-state index contributed by atoms with van der Waals surface area (Å²) in [4.78, 5) is 6.50. The third-order valence-electron chi connectivity index (χ3n) is 3.82. The average molecular weight is 330 g/mol. The van der Waals surface area contributed by atoms with Crippen LogP contribution in [0.2, 0.25) is 0 Å². The molecule has 3 rings (SSSR count). The molecule has 1 aromatic heterocycles. The Labute approximate surface area is 137 Å². The quantitative estimate of drug-likeness (QED) is 0.888. The Morgan fingerprint density at radius 1 is 1.43 bits per heavy atom. The molecule has 23 heavy (non-hydrogen) atoms. The molecule has 1 fully saturated rings. The standard InChI is InChI=1S/C16H15FN4OS/c1-16(9-22-21(2)15(19)20-16)14-6-12(8-23-14)10-3-4-13(17)11(5-10)7-18/h3-6,8H,9H2,1-2H3,(H2,19,20). The van der Waals surface area contributed by atoms with Gasteiger partial charge in [-0.1, -0.05) is 6.07 Å². The molecule has 1 unspecified atom stereocenters. The monoisotopic (exact) mass is 330 g/mol. The van der Waals surface area contributed by atoms with Crippen LogP contribution in [-0.4, -0.2) is 24.7 Å². The van der Waals surface area contributed by atoms with Crippen molar-refractivity contribution in [2.75, 3.05) is 13.7 Å². The van der Waals surface area contributed by atoms with E-state index in [1.807, 2.05) is 24.4 Å². The van der Waals surface area contributed by atoms with Gasteiger partial charge >= 0.3 is 0 Å². The predicted molar refractivity (Wildman–Crippen MR) is 86.4 cm³/mol. The van der Waals surface area contributed by atoms with E-state index in [-0.39, 0.29) is 11.5 Å². The van der Waals surface area contributed by atoms with Gasteiger partial charge in [-0.2, -0.15) is 5.26 Å². The Morgan fingerprint density at radius 2 is 2.22 bits per heavy atom. The Bertz CT molecular complexity index is 813. The number of rotatable bonds is 2. The van der Waals surface area contributed by atoms with Gasteiger partial charge in [-0.25, -0.2) is 9.45 Å². The van der Waals surface area contributed by atoms with Crippen molar-refractivity contribution in [3.63, 3.8) is 0 Å². The molecular formula is C16H15FN4OS. The fraction of sp³-hybridized carbons (Fsp3) is 0.250. The summed E-state index contributed by atoms with van der Waals surface area (Å²) in [6.45, 7) is 2.37. The molecule has 0 amide bonds. The molecule has 5 nitrogen and oxygen atoms in total. The van der Waals surface area contributed by atoms with Crippen molar-refractivity contribution < 1.29 is 9.23 Å². The van der Waals surface area contributed by atoms with Crippen LogP contribution in [0, 0.1) is 22.6 Å². The highest BCUT2D eigenvalue weighted by molar-refractivity contribution is 7.10. The van der Waals surface area contributed by atoms with Gasteiger partial charge in [0.25, 0.3) is 0 Å². The van der Waals surface area contributed by atoms with Crippen molar-refractivity contribution in [1.29, 1.82) is 10.7 Å². The SMILES string of the molecule is CN1OCC(C)(c2cc(-c3ccc(F)c(C#N)c3)cs2)NC1=N. The van der Waals surface area contributed by atoms with Gasteiger partial charge in [-0.3, -0.25) is 10.2 Å². The Morgan fingerprint density at radius 3 is 2.91 bits per heavy atom. The lowest BCUT2D eigenvalue weighted by Gasteiger charge is -2.39.